The topological polar surface area (TPSA) is 92.7 Å². The lowest BCUT2D eigenvalue weighted by atomic mass is 10.3. The lowest BCUT2D eigenvalue weighted by Gasteiger charge is -2.35. The molecule has 0 radical (unpaired) electrons. The summed E-state index contributed by atoms with van der Waals surface area (Å²) >= 11 is 0. The van der Waals surface area contributed by atoms with Gasteiger partial charge in [0, 0.05) is 6.08 Å². The molecule has 0 saturated heterocycles. The van der Waals surface area contributed by atoms with Crippen molar-refractivity contribution in [3.63, 3.8) is 0 Å². The first kappa shape index (κ1) is 22.3. The third-order valence-corrected chi connectivity index (χ3v) is 3.78. The van der Waals surface area contributed by atoms with Gasteiger partial charge in [0.2, 0.25) is 10.4 Å². The molecule has 0 atom stereocenters. The summed E-state index contributed by atoms with van der Waals surface area (Å²) in [6, 6.07) is 0. The SMILES string of the molecule is C=CC(=O)OCC[N+](CC)(CC)CC.CCOS(=O)(=O)[O-]. The average Bonchev–Trinajstić information content (AvgIpc) is 2.43. The predicted molar refractivity (Wildman–Crippen MR) is 79.2 cm³/mol. The van der Waals surface area contributed by atoms with E-state index in [0.29, 0.717) is 6.61 Å². The number of hydrogen-bond acceptors (Lipinski definition) is 6. The molecule has 126 valence electrons. The van der Waals surface area contributed by atoms with E-state index in [1.807, 2.05) is 0 Å². The molecule has 0 saturated carbocycles. The average molecular weight is 325 g/mol. The predicted octanol–water partition coefficient (Wildman–Crippen LogP) is 1.08. The molecule has 0 aliphatic rings. The summed E-state index contributed by atoms with van der Waals surface area (Å²) < 4.78 is 38.0. The number of hydrogen-bond donors (Lipinski definition) is 0. The van der Waals surface area contributed by atoms with Crippen LogP contribution >= 0.6 is 0 Å². The van der Waals surface area contributed by atoms with Gasteiger partial charge in [0.15, 0.2) is 0 Å². The minimum absolute atomic E-state index is 0.0914. The minimum atomic E-state index is -4.42. The second kappa shape index (κ2) is 11.7. The standard InChI is InChI=1S/C11H22NO2.C2H6O4S/c1-5-11(13)14-10-9-12(6-2,7-3)8-4;1-2-6-7(3,4)5/h5H,1,6-10H2,2-4H3;2H2,1H3,(H,3,4,5)/q+1;/p-1. The Morgan fingerprint density at radius 1 is 1.19 bits per heavy atom. The zero-order valence-corrected chi connectivity index (χ0v) is 14.1. The Morgan fingerprint density at radius 2 is 1.67 bits per heavy atom. The fourth-order valence-corrected chi connectivity index (χ4v) is 1.98. The molecule has 0 aliphatic heterocycles. The van der Waals surface area contributed by atoms with Gasteiger partial charge in [0.05, 0.1) is 26.2 Å². The first-order valence-electron chi connectivity index (χ1n) is 6.94. The van der Waals surface area contributed by atoms with E-state index in [2.05, 4.69) is 31.5 Å². The van der Waals surface area contributed by atoms with Crippen molar-refractivity contribution in [1.29, 1.82) is 0 Å². The van der Waals surface area contributed by atoms with Crippen molar-refractivity contribution in [3.05, 3.63) is 12.7 Å². The van der Waals surface area contributed by atoms with Gasteiger partial charge in [0.1, 0.15) is 13.2 Å². The molecule has 0 aromatic rings. The van der Waals surface area contributed by atoms with E-state index in [9.17, 15) is 17.8 Å². The molecular formula is C13H27NO6S. The summed E-state index contributed by atoms with van der Waals surface area (Å²) in [6.07, 6.45) is 1.21. The highest BCUT2D eigenvalue weighted by molar-refractivity contribution is 7.80. The van der Waals surface area contributed by atoms with E-state index in [1.54, 1.807) is 0 Å². The molecule has 0 spiro atoms. The zero-order valence-electron chi connectivity index (χ0n) is 13.3. The molecule has 0 unspecified atom stereocenters. The number of carbonyl (C=O) groups excluding carboxylic acids is 1. The molecule has 0 amide bonds. The van der Waals surface area contributed by atoms with Crippen LogP contribution in [0.25, 0.3) is 0 Å². The van der Waals surface area contributed by atoms with Gasteiger partial charge in [-0.3, -0.25) is 4.18 Å². The van der Waals surface area contributed by atoms with Crippen molar-refractivity contribution in [2.75, 3.05) is 39.4 Å². The number of esters is 1. The van der Waals surface area contributed by atoms with Crippen molar-refractivity contribution in [2.45, 2.75) is 27.7 Å². The van der Waals surface area contributed by atoms with Gasteiger partial charge in [-0.15, -0.1) is 0 Å². The van der Waals surface area contributed by atoms with Crippen LogP contribution in [0.2, 0.25) is 0 Å². The largest absolute Gasteiger partial charge is 0.726 e. The maximum Gasteiger partial charge on any atom is 0.330 e. The van der Waals surface area contributed by atoms with Crippen LogP contribution in [0.4, 0.5) is 0 Å². The Balaban J connectivity index is 0. The van der Waals surface area contributed by atoms with Crippen LogP contribution in [0.1, 0.15) is 27.7 Å². The Kier molecular flexibility index (Phi) is 12.4. The molecule has 21 heavy (non-hydrogen) atoms. The van der Waals surface area contributed by atoms with Crippen LogP contribution in [0.15, 0.2) is 12.7 Å². The fourth-order valence-electron chi connectivity index (χ4n) is 1.69. The van der Waals surface area contributed by atoms with Crippen LogP contribution in [0.5, 0.6) is 0 Å². The number of likely N-dealkylation sites (N-methyl/N-ethyl adjacent to an activating group) is 1. The maximum absolute atomic E-state index is 10.8. The van der Waals surface area contributed by atoms with Gasteiger partial charge in [-0.1, -0.05) is 6.58 Å². The molecule has 0 aliphatic carbocycles. The third-order valence-electron chi connectivity index (χ3n) is 3.25. The third kappa shape index (κ3) is 12.5. The van der Waals surface area contributed by atoms with Gasteiger partial charge in [-0.05, 0) is 27.7 Å². The summed E-state index contributed by atoms with van der Waals surface area (Å²) in [7, 11) is -4.42. The van der Waals surface area contributed by atoms with Crippen molar-refractivity contribution < 1.29 is 31.2 Å². The van der Waals surface area contributed by atoms with Crippen molar-refractivity contribution in [1.82, 2.24) is 0 Å². The first-order chi connectivity index (χ1) is 9.70. The van der Waals surface area contributed by atoms with E-state index in [4.69, 9.17) is 4.74 Å². The normalized spacial score (nSPS) is 11.3. The van der Waals surface area contributed by atoms with E-state index >= 15 is 0 Å². The van der Waals surface area contributed by atoms with Gasteiger partial charge >= 0.3 is 5.97 Å². The lowest BCUT2D eigenvalue weighted by molar-refractivity contribution is -0.923. The molecular weight excluding hydrogens is 298 g/mol. The van der Waals surface area contributed by atoms with Crippen LogP contribution < -0.4 is 0 Å². The highest BCUT2D eigenvalue weighted by Gasteiger charge is 2.20. The number of carbonyl (C=O) groups is 1. The van der Waals surface area contributed by atoms with E-state index in [-0.39, 0.29) is 12.6 Å². The van der Waals surface area contributed by atoms with E-state index in [1.165, 1.54) is 13.0 Å². The van der Waals surface area contributed by atoms with Crippen molar-refractivity contribution in [2.24, 2.45) is 0 Å². The second-order valence-electron chi connectivity index (χ2n) is 4.20. The second-order valence-corrected chi connectivity index (χ2v) is 5.25. The summed E-state index contributed by atoms with van der Waals surface area (Å²) in [5.41, 5.74) is 0. The quantitative estimate of drug-likeness (QED) is 0.207. The Labute approximate surface area is 128 Å². The molecule has 0 aromatic carbocycles. The highest BCUT2D eigenvalue weighted by atomic mass is 32.3. The van der Waals surface area contributed by atoms with Crippen molar-refractivity contribution >= 4 is 16.4 Å². The van der Waals surface area contributed by atoms with E-state index < -0.39 is 10.4 Å². The molecule has 0 rings (SSSR count). The summed E-state index contributed by atoms with van der Waals surface area (Å²) in [6.45, 7) is 15.8. The number of nitrogens with zero attached hydrogens (tertiary/aromatic N) is 1. The summed E-state index contributed by atoms with van der Waals surface area (Å²) in [5, 5.41) is 0. The Hall–Kier alpha value is -0.960. The van der Waals surface area contributed by atoms with Gasteiger partial charge < -0.3 is 13.8 Å². The highest BCUT2D eigenvalue weighted by Crippen LogP contribution is 2.05. The van der Waals surface area contributed by atoms with Gasteiger partial charge in [-0.25, -0.2) is 13.2 Å². The Morgan fingerprint density at radius 3 is 1.90 bits per heavy atom. The zero-order chi connectivity index (χ0) is 16.9. The molecule has 8 heteroatoms. The Bertz CT molecular complexity index is 381. The molecule has 0 fully saturated rings. The molecule has 0 aromatic heterocycles. The number of ether oxygens (including phenoxy) is 1. The minimum Gasteiger partial charge on any atom is -0.726 e. The van der Waals surface area contributed by atoms with Crippen molar-refractivity contribution in [3.8, 4) is 0 Å². The lowest BCUT2D eigenvalue weighted by Crippen LogP contribution is -2.49. The molecule has 0 N–H and O–H groups in total. The van der Waals surface area contributed by atoms with Crippen LogP contribution in [0.3, 0.4) is 0 Å². The first-order valence-corrected chi connectivity index (χ1v) is 8.28. The monoisotopic (exact) mass is 325 g/mol. The number of quaternary nitrogens is 1. The molecule has 0 heterocycles. The fraction of sp³-hybridized carbons (Fsp3) is 0.769. The van der Waals surface area contributed by atoms with Gasteiger partial charge in [-0.2, -0.15) is 0 Å². The summed E-state index contributed by atoms with van der Waals surface area (Å²) in [4.78, 5) is 10.8. The van der Waals surface area contributed by atoms with Crippen LogP contribution in [-0.4, -0.2) is 62.8 Å². The smallest absolute Gasteiger partial charge is 0.330 e. The molecule has 7 nitrogen and oxygen atoms in total. The number of rotatable bonds is 9. The maximum atomic E-state index is 10.8. The van der Waals surface area contributed by atoms with Crippen LogP contribution in [0, 0.1) is 0 Å². The van der Waals surface area contributed by atoms with E-state index in [0.717, 1.165) is 30.7 Å². The summed E-state index contributed by atoms with van der Waals surface area (Å²) in [5.74, 6) is -0.327. The molecule has 0 bridgehead atoms. The van der Waals surface area contributed by atoms with Crippen LogP contribution in [-0.2, 0) is 24.1 Å². The van der Waals surface area contributed by atoms with Gasteiger partial charge in [0.25, 0.3) is 0 Å².